The predicted octanol–water partition coefficient (Wildman–Crippen LogP) is 4.06. The summed E-state index contributed by atoms with van der Waals surface area (Å²) >= 11 is 0. The molecule has 0 amide bonds. The Bertz CT molecular complexity index is 751. The van der Waals surface area contributed by atoms with Crippen molar-refractivity contribution in [2.45, 2.75) is 44.9 Å². The summed E-state index contributed by atoms with van der Waals surface area (Å²) in [7, 11) is 0. The molecule has 0 atom stereocenters. The van der Waals surface area contributed by atoms with E-state index in [-0.39, 0.29) is 11.7 Å². The van der Waals surface area contributed by atoms with Gasteiger partial charge in [0, 0.05) is 11.1 Å². The average Bonchev–Trinajstić information content (AvgIpc) is 2.82. The Balaban J connectivity index is 1.44. The second kappa shape index (κ2) is 13.7. The lowest BCUT2D eigenvalue weighted by Gasteiger charge is -2.08. The van der Waals surface area contributed by atoms with E-state index in [0.717, 1.165) is 37.2 Å². The van der Waals surface area contributed by atoms with Crippen LogP contribution in [0.3, 0.4) is 0 Å². The van der Waals surface area contributed by atoms with Crippen LogP contribution in [0.2, 0.25) is 0 Å². The quantitative estimate of drug-likeness (QED) is 0.118. The van der Waals surface area contributed by atoms with Crippen molar-refractivity contribution in [2.75, 3.05) is 13.2 Å². The van der Waals surface area contributed by atoms with Crippen LogP contribution in [0.25, 0.3) is 0 Å². The molecule has 0 radical (unpaired) electrons. The number of hydrogen-bond donors (Lipinski definition) is 4. The van der Waals surface area contributed by atoms with E-state index in [4.69, 9.17) is 31.4 Å². The summed E-state index contributed by atoms with van der Waals surface area (Å²) in [5.74, 6) is 1.75. The van der Waals surface area contributed by atoms with E-state index in [1.807, 2.05) is 24.3 Å². The first-order chi connectivity index (χ1) is 15.1. The van der Waals surface area contributed by atoms with Gasteiger partial charge in [-0.05, 0) is 61.4 Å². The second-order valence-electron chi connectivity index (χ2n) is 7.19. The molecule has 0 unspecified atom stereocenters. The fraction of sp³-hybridized carbons (Fsp3) is 0.391. The average molecular weight is 429 g/mol. The molecule has 2 aromatic carbocycles. The Labute approximate surface area is 183 Å². The first kappa shape index (κ1) is 23.9. The van der Waals surface area contributed by atoms with Gasteiger partial charge in [0.1, 0.15) is 11.5 Å². The van der Waals surface area contributed by atoms with Crippen LogP contribution in [0.5, 0.6) is 11.5 Å². The molecule has 0 saturated carbocycles. The Morgan fingerprint density at radius 1 is 0.581 bits per heavy atom. The van der Waals surface area contributed by atoms with Crippen molar-refractivity contribution in [1.82, 2.24) is 0 Å². The third-order valence-electron chi connectivity index (χ3n) is 4.84. The summed E-state index contributed by atoms with van der Waals surface area (Å²) < 4.78 is 11.4. The van der Waals surface area contributed by atoms with Gasteiger partial charge in [0.15, 0.2) is 11.7 Å². The highest BCUT2D eigenvalue weighted by molar-refractivity contribution is 5.97. The number of amidine groups is 2. The van der Waals surface area contributed by atoms with Crippen LogP contribution >= 0.6 is 0 Å². The topological polar surface area (TPSA) is 136 Å². The van der Waals surface area contributed by atoms with Gasteiger partial charge >= 0.3 is 0 Å². The Kier molecular flexibility index (Phi) is 10.6. The molecule has 0 aromatic heterocycles. The Morgan fingerprint density at radius 3 is 1.23 bits per heavy atom. The lowest BCUT2D eigenvalue weighted by molar-refractivity contribution is 0.299. The van der Waals surface area contributed by atoms with Crippen molar-refractivity contribution >= 4 is 11.7 Å². The van der Waals surface area contributed by atoms with Crippen molar-refractivity contribution in [3.05, 3.63) is 59.7 Å². The normalized spacial score (nSPS) is 12.0. The summed E-state index contributed by atoms with van der Waals surface area (Å²) in [4.78, 5) is 0. The van der Waals surface area contributed by atoms with Crippen LogP contribution in [0.15, 0.2) is 58.8 Å². The van der Waals surface area contributed by atoms with Crippen LogP contribution in [-0.2, 0) is 0 Å². The number of rotatable bonds is 14. The molecule has 0 aliphatic carbocycles. The number of ether oxygens (including phenoxy) is 2. The van der Waals surface area contributed by atoms with E-state index < -0.39 is 0 Å². The van der Waals surface area contributed by atoms with Gasteiger partial charge in [-0.3, -0.25) is 0 Å². The third-order valence-corrected chi connectivity index (χ3v) is 4.84. The van der Waals surface area contributed by atoms with Gasteiger partial charge in [0.25, 0.3) is 0 Å². The number of unbranched alkanes of at least 4 members (excludes halogenated alkanes) is 6. The Hall–Kier alpha value is -3.42. The molecular weight excluding hydrogens is 396 g/mol. The minimum absolute atomic E-state index is 0.0899. The van der Waals surface area contributed by atoms with Gasteiger partial charge < -0.3 is 31.4 Å². The van der Waals surface area contributed by atoms with E-state index in [9.17, 15) is 0 Å². The molecular formula is C23H32N4O4. The van der Waals surface area contributed by atoms with Crippen molar-refractivity contribution in [1.29, 1.82) is 0 Å². The van der Waals surface area contributed by atoms with Gasteiger partial charge in [0.05, 0.1) is 13.2 Å². The van der Waals surface area contributed by atoms with Gasteiger partial charge in [-0.2, -0.15) is 0 Å². The van der Waals surface area contributed by atoms with Gasteiger partial charge in [-0.15, -0.1) is 0 Å². The molecule has 2 rings (SSSR count). The highest BCUT2D eigenvalue weighted by atomic mass is 16.5. The maximum atomic E-state index is 8.65. The van der Waals surface area contributed by atoms with Crippen molar-refractivity contribution in [3.63, 3.8) is 0 Å². The summed E-state index contributed by atoms with van der Waals surface area (Å²) in [5, 5.41) is 23.3. The maximum Gasteiger partial charge on any atom is 0.170 e. The van der Waals surface area contributed by atoms with Gasteiger partial charge in [-0.25, -0.2) is 0 Å². The summed E-state index contributed by atoms with van der Waals surface area (Å²) in [6.07, 6.45) is 7.93. The zero-order valence-electron chi connectivity index (χ0n) is 17.7. The standard InChI is InChI=1S/C23H32N4O4/c24-22(26-28)18-8-12-20(13-9-18)30-16-6-4-2-1-3-5-7-17-31-21-14-10-19(11-15-21)23(25)27-29/h8-15,28-29H,1-7,16-17H2,(H2,24,26)(H2,25,27). The maximum absolute atomic E-state index is 8.65. The predicted molar refractivity (Wildman–Crippen MR) is 121 cm³/mol. The zero-order valence-corrected chi connectivity index (χ0v) is 17.7. The molecule has 0 aliphatic heterocycles. The molecule has 2 aromatic rings. The van der Waals surface area contributed by atoms with Gasteiger partial charge in [-0.1, -0.05) is 42.4 Å². The molecule has 8 heteroatoms. The van der Waals surface area contributed by atoms with Crippen LogP contribution in [0.4, 0.5) is 0 Å². The van der Waals surface area contributed by atoms with Crippen LogP contribution in [-0.4, -0.2) is 35.3 Å². The Morgan fingerprint density at radius 2 is 0.903 bits per heavy atom. The van der Waals surface area contributed by atoms with E-state index in [1.54, 1.807) is 24.3 Å². The molecule has 31 heavy (non-hydrogen) atoms. The third kappa shape index (κ3) is 8.86. The first-order valence-corrected chi connectivity index (χ1v) is 10.6. The number of benzene rings is 2. The van der Waals surface area contributed by atoms with Crippen LogP contribution in [0, 0.1) is 0 Å². The number of hydrogen-bond acceptors (Lipinski definition) is 6. The van der Waals surface area contributed by atoms with Crippen molar-refractivity contribution < 1.29 is 19.9 Å². The molecule has 0 heterocycles. The lowest BCUT2D eigenvalue weighted by Crippen LogP contribution is -2.12. The van der Waals surface area contributed by atoms with E-state index in [0.29, 0.717) is 24.3 Å². The number of nitrogens with two attached hydrogens (primary N) is 2. The van der Waals surface area contributed by atoms with Crippen molar-refractivity contribution in [2.24, 2.45) is 21.8 Å². The summed E-state index contributed by atoms with van der Waals surface area (Å²) in [5.41, 5.74) is 12.4. The minimum atomic E-state index is 0.0899. The van der Waals surface area contributed by atoms with E-state index in [1.165, 1.54) is 19.3 Å². The molecule has 0 spiro atoms. The SMILES string of the molecule is NC(=NO)c1ccc(OCCCCCCCCCOc2ccc(C(N)=NO)cc2)cc1. The fourth-order valence-corrected chi connectivity index (χ4v) is 3.03. The van der Waals surface area contributed by atoms with E-state index in [2.05, 4.69) is 10.3 Å². The lowest BCUT2D eigenvalue weighted by atomic mass is 10.1. The monoisotopic (exact) mass is 428 g/mol. The highest BCUT2D eigenvalue weighted by Crippen LogP contribution is 2.15. The summed E-state index contributed by atoms with van der Waals surface area (Å²) in [6.45, 7) is 1.37. The largest absolute Gasteiger partial charge is 0.494 e. The number of nitrogens with zero attached hydrogens (tertiary/aromatic N) is 2. The van der Waals surface area contributed by atoms with E-state index >= 15 is 0 Å². The van der Waals surface area contributed by atoms with Crippen molar-refractivity contribution in [3.8, 4) is 11.5 Å². The molecule has 6 N–H and O–H groups in total. The smallest absolute Gasteiger partial charge is 0.170 e. The molecule has 0 bridgehead atoms. The molecule has 0 fully saturated rings. The van der Waals surface area contributed by atoms with Gasteiger partial charge in [0.2, 0.25) is 0 Å². The fourth-order valence-electron chi connectivity index (χ4n) is 3.03. The second-order valence-corrected chi connectivity index (χ2v) is 7.19. The molecule has 0 aliphatic rings. The number of oxime groups is 2. The molecule has 8 nitrogen and oxygen atoms in total. The molecule has 168 valence electrons. The minimum Gasteiger partial charge on any atom is -0.494 e. The molecule has 0 saturated heterocycles. The first-order valence-electron chi connectivity index (χ1n) is 10.6. The highest BCUT2D eigenvalue weighted by Gasteiger charge is 2.01. The summed E-state index contributed by atoms with van der Waals surface area (Å²) in [6, 6.07) is 14.4. The van der Waals surface area contributed by atoms with Crippen LogP contribution < -0.4 is 20.9 Å². The zero-order chi connectivity index (χ0) is 22.3. The van der Waals surface area contributed by atoms with Crippen LogP contribution in [0.1, 0.15) is 56.1 Å².